The molecule has 0 fully saturated rings. The van der Waals surface area contributed by atoms with E-state index < -0.39 is 0 Å². The number of hydrogen-bond donors (Lipinski definition) is 2. The summed E-state index contributed by atoms with van der Waals surface area (Å²) >= 11 is 0. The highest BCUT2D eigenvalue weighted by Crippen LogP contribution is 2.19. The zero-order valence-corrected chi connectivity index (χ0v) is 13.6. The molecule has 2 rings (SSSR count). The smallest absolute Gasteiger partial charge is 0.254 e. The fraction of sp³-hybridized carbons (Fsp3) is 0.588. The summed E-state index contributed by atoms with van der Waals surface area (Å²) < 4.78 is 0. The molecule has 2 N–H and O–H groups in total. The molecule has 0 bridgehead atoms. The van der Waals surface area contributed by atoms with E-state index in [1.54, 1.807) is 12.4 Å². The van der Waals surface area contributed by atoms with Gasteiger partial charge in [-0.3, -0.25) is 4.79 Å². The lowest BCUT2D eigenvalue weighted by Gasteiger charge is -2.13. The van der Waals surface area contributed by atoms with Gasteiger partial charge in [-0.1, -0.05) is 18.6 Å². The van der Waals surface area contributed by atoms with Crippen molar-refractivity contribution < 1.29 is 4.79 Å². The minimum absolute atomic E-state index is 0.117. The van der Waals surface area contributed by atoms with Crippen LogP contribution in [0.15, 0.2) is 24.0 Å². The molecule has 0 saturated heterocycles. The lowest BCUT2D eigenvalue weighted by atomic mass is 9.97. The normalized spacial score (nSPS) is 15.8. The van der Waals surface area contributed by atoms with Crippen molar-refractivity contribution in [1.82, 2.24) is 15.3 Å². The molecule has 0 aromatic carbocycles. The van der Waals surface area contributed by atoms with E-state index in [1.807, 2.05) is 13.8 Å². The second-order valence-corrected chi connectivity index (χ2v) is 5.86. The van der Waals surface area contributed by atoms with E-state index in [2.05, 4.69) is 26.7 Å². The fourth-order valence-electron chi connectivity index (χ4n) is 2.41. The van der Waals surface area contributed by atoms with Crippen LogP contribution in [0.3, 0.4) is 0 Å². The van der Waals surface area contributed by atoms with Gasteiger partial charge in [-0.2, -0.15) is 0 Å². The van der Waals surface area contributed by atoms with Crippen LogP contribution in [0.4, 0.5) is 5.95 Å². The number of anilines is 1. The van der Waals surface area contributed by atoms with Crippen LogP contribution >= 0.6 is 0 Å². The summed E-state index contributed by atoms with van der Waals surface area (Å²) in [6.45, 7) is 4.86. The Bertz CT molecular complexity index is 510. The predicted octanol–water partition coefficient (Wildman–Crippen LogP) is 3.31. The van der Waals surface area contributed by atoms with Gasteiger partial charge in [-0.25, -0.2) is 9.97 Å². The van der Waals surface area contributed by atoms with Crippen molar-refractivity contribution in [2.75, 3.05) is 11.9 Å². The fourth-order valence-corrected chi connectivity index (χ4v) is 2.41. The number of rotatable bonds is 7. The molecule has 5 nitrogen and oxygen atoms in total. The zero-order valence-electron chi connectivity index (χ0n) is 13.6. The Morgan fingerprint density at radius 2 is 2.09 bits per heavy atom. The maximum Gasteiger partial charge on any atom is 0.254 e. The summed E-state index contributed by atoms with van der Waals surface area (Å²) in [7, 11) is 0. The van der Waals surface area contributed by atoms with Crippen molar-refractivity contribution in [1.29, 1.82) is 0 Å². The Kier molecular flexibility index (Phi) is 6.37. The van der Waals surface area contributed by atoms with Gasteiger partial charge in [0.1, 0.15) is 0 Å². The van der Waals surface area contributed by atoms with Gasteiger partial charge < -0.3 is 10.6 Å². The predicted molar refractivity (Wildman–Crippen MR) is 88.9 cm³/mol. The second-order valence-electron chi connectivity index (χ2n) is 5.86. The van der Waals surface area contributed by atoms with Gasteiger partial charge in [0.15, 0.2) is 0 Å². The Labute approximate surface area is 132 Å². The summed E-state index contributed by atoms with van der Waals surface area (Å²) in [5.74, 6) is 0.463. The van der Waals surface area contributed by atoms with Gasteiger partial charge in [0.2, 0.25) is 5.95 Å². The van der Waals surface area contributed by atoms with E-state index in [4.69, 9.17) is 0 Å². The standard InChI is InChI=1S/C17H26N4O/c1-3-13(2)21-16(22)15-11-19-17(20-12-15)18-10-9-14-7-5-4-6-8-14/h7,11-13H,3-6,8-10H2,1-2H3,(H,21,22)(H,18,19,20). The van der Waals surface area contributed by atoms with E-state index >= 15 is 0 Å². The number of carbonyl (C=O) groups is 1. The maximum absolute atomic E-state index is 11.9. The van der Waals surface area contributed by atoms with Crippen LogP contribution in [0.1, 0.15) is 62.7 Å². The number of nitrogens with zero attached hydrogens (tertiary/aromatic N) is 2. The summed E-state index contributed by atoms with van der Waals surface area (Å²) in [6.07, 6.45) is 12.5. The molecule has 1 aliphatic carbocycles. The molecule has 1 aliphatic rings. The summed E-state index contributed by atoms with van der Waals surface area (Å²) in [5.41, 5.74) is 2.03. The first-order valence-electron chi connectivity index (χ1n) is 8.23. The molecule has 1 atom stereocenters. The van der Waals surface area contributed by atoms with Crippen LogP contribution in [-0.4, -0.2) is 28.5 Å². The van der Waals surface area contributed by atoms with Crippen molar-refractivity contribution in [3.05, 3.63) is 29.6 Å². The van der Waals surface area contributed by atoms with Crippen molar-refractivity contribution in [2.24, 2.45) is 0 Å². The Hall–Kier alpha value is -1.91. The highest BCUT2D eigenvalue weighted by atomic mass is 16.1. The van der Waals surface area contributed by atoms with Crippen LogP contribution in [0.25, 0.3) is 0 Å². The topological polar surface area (TPSA) is 66.9 Å². The molecule has 1 aromatic heterocycles. The molecule has 0 spiro atoms. The van der Waals surface area contributed by atoms with E-state index in [0.29, 0.717) is 11.5 Å². The van der Waals surface area contributed by atoms with Gasteiger partial charge >= 0.3 is 0 Å². The van der Waals surface area contributed by atoms with Crippen LogP contribution < -0.4 is 10.6 Å². The van der Waals surface area contributed by atoms with Gasteiger partial charge in [0, 0.05) is 25.0 Å². The third-order valence-electron chi connectivity index (χ3n) is 4.02. The average Bonchev–Trinajstić information content (AvgIpc) is 2.56. The largest absolute Gasteiger partial charge is 0.354 e. The molecule has 22 heavy (non-hydrogen) atoms. The van der Waals surface area contributed by atoms with Gasteiger partial charge in [0.05, 0.1) is 5.56 Å². The molecule has 5 heteroatoms. The molecule has 1 unspecified atom stereocenters. The number of amides is 1. The van der Waals surface area contributed by atoms with Crippen LogP contribution in [0.2, 0.25) is 0 Å². The lowest BCUT2D eigenvalue weighted by Crippen LogP contribution is -2.32. The lowest BCUT2D eigenvalue weighted by molar-refractivity contribution is 0.0938. The maximum atomic E-state index is 11.9. The van der Waals surface area contributed by atoms with Crippen LogP contribution in [0.5, 0.6) is 0 Å². The molecule has 120 valence electrons. The summed E-state index contributed by atoms with van der Waals surface area (Å²) in [6, 6.07) is 0.161. The molecule has 0 aliphatic heterocycles. The molecule has 1 heterocycles. The Morgan fingerprint density at radius 1 is 1.32 bits per heavy atom. The second kappa shape index (κ2) is 8.51. The van der Waals surface area contributed by atoms with Gasteiger partial charge in [-0.05, 0) is 45.4 Å². The van der Waals surface area contributed by atoms with E-state index in [1.165, 1.54) is 31.3 Å². The third kappa shape index (κ3) is 5.13. The SMILES string of the molecule is CCC(C)NC(=O)c1cnc(NCCC2=CCCCC2)nc1. The Balaban J connectivity index is 1.78. The van der Waals surface area contributed by atoms with Gasteiger partial charge in [0.25, 0.3) is 5.91 Å². The number of aromatic nitrogens is 2. The molecular weight excluding hydrogens is 276 g/mol. The first kappa shape index (κ1) is 16.5. The summed E-state index contributed by atoms with van der Waals surface area (Å²) in [5, 5.41) is 6.12. The first-order valence-corrected chi connectivity index (χ1v) is 8.23. The highest BCUT2D eigenvalue weighted by molar-refractivity contribution is 5.93. The minimum atomic E-state index is -0.117. The van der Waals surface area contributed by atoms with E-state index in [9.17, 15) is 4.79 Å². The van der Waals surface area contributed by atoms with Crippen LogP contribution in [0, 0.1) is 0 Å². The monoisotopic (exact) mass is 302 g/mol. The van der Waals surface area contributed by atoms with E-state index in [-0.39, 0.29) is 11.9 Å². The zero-order chi connectivity index (χ0) is 15.8. The minimum Gasteiger partial charge on any atom is -0.354 e. The third-order valence-corrected chi connectivity index (χ3v) is 4.02. The number of allylic oxidation sites excluding steroid dienone is 1. The molecule has 1 amide bonds. The average molecular weight is 302 g/mol. The van der Waals surface area contributed by atoms with Crippen molar-refractivity contribution in [3.8, 4) is 0 Å². The van der Waals surface area contributed by atoms with Crippen molar-refractivity contribution >= 4 is 11.9 Å². The molecule has 1 aromatic rings. The quantitative estimate of drug-likeness (QED) is 0.758. The number of carbonyl (C=O) groups excluding carboxylic acids is 1. The number of hydrogen-bond acceptors (Lipinski definition) is 4. The van der Waals surface area contributed by atoms with Crippen molar-refractivity contribution in [3.63, 3.8) is 0 Å². The van der Waals surface area contributed by atoms with Crippen molar-refractivity contribution in [2.45, 2.75) is 58.4 Å². The first-order chi connectivity index (χ1) is 10.7. The molecular formula is C17H26N4O. The van der Waals surface area contributed by atoms with Gasteiger partial charge in [-0.15, -0.1) is 0 Å². The molecule has 0 radical (unpaired) electrons. The van der Waals surface area contributed by atoms with Crippen LogP contribution in [-0.2, 0) is 0 Å². The summed E-state index contributed by atoms with van der Waals surface area (Å²) in [4.78, 5) is 20.4. The highest BCUT2D eigenvalue weighted by Gasteiger charge is 2.09. The molecule has 0 saturated carbocycles. The Morgan fingerprint density at radius 3 is 2.73 bits per heavy atom. The van der Waals surface area contributed by atoms with E-state index in [0.717, 1.165) is 19.4 Å². The number of nitrogens with one attached hydrogen (secondary N) is 2.